The lowest BCUT2D eigenvalue weighted by atomic mass is 9.95. The second kappa shape index (κ2) is 12.3. The van der Waals surface area contributed by atoms with E-state index in [0.29, 0.717) is 19.2 Å². The van der Waals surface area contributed by atoms with E-state index >= 15 is 0 Å². The molecule has 0 unspecified atom stereocenters. The van der Waals surface area contributed by atoms with Crippen molar-refractivity contribution in [3.8, 4) is 11.3 Å². The molecule has 2 N–H and O–H groups in total. The van der Waals surface area contributed by atoms with Gasteiger partial charge in [0.2, 0.25) is 5.91 Å². The van der Waals surface area contributed by atoms with Crippen molar-refractivity contribution in [3.63, 3.8) is 0 Å². The predicted octanol–water partition coefficient (Wildman–Crippen LogP) is 4.43. The Morgan fingerprint density at radius 3 is 2.67 bits per heavy atom. The zero-order chi connectivity index (χ0) is 27.2. The monoisotopic (exact) mass is 532 g/mol. The lowest BCUT2D eigenvalue weighted by molar-refractivity contribution is -0.126. The highest BCUT2D eigenvalue weighted by Gasteiger charge is 2.27. The molecule has 9 nitrogen and oxygen atoms in total. The minimum Gasteiger partial charge on any atom is -0.381 e. The summed E-state index contributed by atoms with van der Waals surface area (Å²) >= 11 is 0. The van der Waals surface area contributed by atoms with E-state index in [2.05, 4.69) is 37.6 Å². The highest BCUT2D eigenvalue weighted by atomic mass is 16.5. The third-order valence-corrected chi connectivity index (χ3v) is 7.34. The Hall–Kier alpha value is -3.30. The number of fused-ring (bicyclic) bond motifs is 1. The van der Waals surface area contributed by atoms with Crippen LogP contribution in [0.5, 0.6) is 0 Å². The van der Waals surface area contributed by atoms with Crippen molar-refractivity contribution in [2.24, 2.45) is 5.92 Å². The predicted molar refractivity (Wildman–Crippen MR) is 154 cm³/mol. The van der Waals surface area contributed by atoms with Gasteiger partial charge in [0.25, 0.3) is 0 Å². The summed E-state index contributed by atoms with van der Waals surface area (Å²) in [5.74, 6) is 1.92. The molecule has 9 heteroatoms. The molecule has 0 spiro atoms. The Morgan fingerprint density at radius 2 is 1.90 bits per heavy atom. The van der Waals surface area contributed by atoms with E-state index in [4.69, 9.17) is 14.5 Å². The number of pyridine rings is 3. The summed E-state index contributed by atoms with van der Waals surface area (Å²) < 4.78 is 11.2. The quantitative estimate of drug-likeness (QED) is 0.411. The van der Waals surface area contributed by atoms with Crippen LogP contribution in [0.2, 0.25) is 0 Å². The largest absolute Gasteiger partial charge is 0.381 e. The van der Waals surface area contributed by atoms with Gasteiger partial charge in [-0.05, 0) is 70.7 Å². The number of nitrogens with zero attached hydrogens (tertiary/aromatic N) is 4. The van der Waals surface area contributed by atoms with Gasteiger partial charge in [-0.2, -0.15) is 0 Å². The highest BCUT2D eigenvalue weighted by molar-refractivity contribution is 5.94. The van der Waals surface area contributed by atoms with Gasteiger partial charge in [0.05, 0.1) is 17.9 Å². The number of piperidine rings is 1. The summed E-state index contributed by atoms with van der Waals surface area (Å²) in [5, 5.41) is 8.73. The number of hydrogen-bond acceptors (Lipinski definition) is 8. The summed E-state index contributed by atoms with van der Waals surface area (Å²) in [6.45, 7) is 10.2. The van der Waals surface area contributed by atoms with Crippen molar-refractivity contribution in [1.82, 2.24) is 20.3 Å². The van der Waals surface area contributed by atoms with E-state index in [1.807, 2.05) is 51.5 Å². The van der Waals surface area contributed by atoms with Crippen molar-refractivity contribution in [3.05, 3.63) is 42.9 Å². The Morgan fingerprint density at radius 1 is 1.10 bits per heavy atom. The van der Waals surface area contributed by atoms with Gasteiger partial charge in [0.15, 0.2) is 0 Å². The van der Waals surface area contributed by atoms with Crippen LogP contribution >= 0.6 is 0 Å². The molecule has 0 atom stereocenters. The summed E-state index contributed by atoms with van der Waals surface area (Å²) in [6.07, 6.45) is 9.09. The third-order valence-electron chi connectivity index (χ3n) is 7.34. The van der Waals surface area contributed by atoms with Gasteiger partial charge >= 0.3 is 0 Å². The van der Waals surface area contributed by atoms with Crippen LogP contribution in [-0.4, -0.2) is 72.0 Å². The molecule has 2 saturated heterocycles. The number of ether oxygens (including phenoxy) is 2. The van der Waals surface area contributed by atoms with Gasteiger partial charge in [-0.1, -0.05) is 0 Å². The maximum absolute atomic E-state index is 12.8. The molecular weight excluding hydrogens is 492 g/mol. The molecule has 2 aliphatic rings. The Balaban J connectivity index is 1.28. The van der Waals surface area contributed by atoms with Crippen molar-refractivity contribution in [1.29, 1.82) is 0 Å². The van der Waals surface area contributed by atoms with E-state index < -0.39 is 0 Å². The first kappa shape index (κ1) is 27.3. The highest BCUT2D eigenvalue weighted by Crippen LogP contribution is 2.32. The zero-order valence-electron chi connectivity index (χ0n) is 23.3. The molecule has 208 valence electrons. The minimum atomic E-state index is -0.199. The Bertz CT molecular complexity index is 1260. The first-order chi connectivity index (χ1) is 18.9. The number of amides is 1. The first-order valence-corrected chi connectivity index (χ1v) is 14.1. The molecule has 39 heavy (non-hydrogen) atoms. The third kappa shape index (κ3) is 7.22. The molecule has 0 aromatic carbocycles. The van der Waals surface area contributed by atoms with Crippen LogP contribution in [0.25, 0.3) is 22.0 Å². The van der Waals surface area contributed by atoms with E-state index in [9.17, 15) is 4.79 Å². The summed E-state index contributed by atoms with van der Waals surface area (Å²) in [5.41, 5.74) is 1.70. The average Bonchev–Trinajstić information content (AvgIpc) is 2.95. The smallest absolute Gasteiger partial charge is 0.223 e. The normalized spacial score (nSPS) is 17.4. The maximum atomic E-state index is 12.8. The molecule has 0 aliphatic carbocycles. The van der Waals surface area contributed by atoms with E-state index in [-0.39, 0.29) is 17.4 Å². The topological polar surface area (TPSA) is 102 Å². The van der Waals surface area contributed by atoms with E-state index in [1.54, 1.807) is 0 Å². The van der Waals surface area contributed by atoms with Crippen LogP contribution < -0.4 is 15.5 Å². The number of carbonyl (C=O) groups is 1. The number of carbonyl (C=O) groups excluding carboxylic acids is 1. The van der Waals surface area contributed by atoms with Crippen LogP contribution in [-0.2, 0) is 14.3 Å². The molecule has 3 aromatic rings. The van der Waals surface area contributed by atoms with Crippen LogP contribution in [0.4, 0.5) is 11.6 Å². The lowest BCUT2D eigenvalue weighted by Gasteiger charge is -2.33. The van der Waals surface area contributed by atoms with Crippen LogP contribution in [0, 0.1) is 5.92 Å². The van der Waals surface area contributed by atoms with Crippen molar-refractivity contribution < 1.29 is 14.3 Å². The van der Waals surface area contributed by atoms with Gasteiger partial charge in [-0.3, -0.25) is 9.78 Å². The fourth-order valence-corrected chi connectivity index (χ4v) is 5.22. The molecule has 1 amide bonds. The Kier molecular flexibility index (Phi) is 8.57. The van der Waals surface area contributed by atoms with Crippen molar-refractivity contribution in [2.45, 2.75) is 58.1 Å². The first-order valence-electron chi connectivity index (χ1n) is 14.1. The molecule has 5 rings (SSSR count). The van der Waals surface area contributed by atoms with Crippen molar-refractivity contribution >= 4 is 28.3 Å². The molecule has 3 aromatic heterocycles. The lowest BCUT2D eigenvalue weighted by Crippen LogP contribution is -2.42. The second-order valence-electron chi connectivity index (χ2n) is 11.4. The fourth-order valence-electron chi connectivity index (χ4n) is 5.22. The minimum absolute atomic E-state index is 0.00557. The molecular formula is C30H40N6O3. The fraction of sp³-hybridized carbons (Fsp3) is 0.533. The molecule has 0 bridgehead atoms. The zero-order valence-corrected chi connectivity index (χ0v) is 23.3. The number of rotatable bonds is 8. The summed E-state index contributed by atoms with van der Waals surface area (Å²) in [7, 11) is 0. The summed E-state index contributed by atoms with van der Waals surface area (Å²) in [4.78, 5) is 29.1. The molecule has 0 radical (unpaired) electrons. The SMILES string of the molecule is CC(C)(C)OCCNC(=O)C1CCN(c2nc(-c3ccnc(NC4CCOCC4)c3)cc3cnccc23)CC1. The number of anilines is 2. The van der Waals surface area contributed by atoms with Crippen LogP contribution in [0.15, 0.2) is 42.9 Å². The maximum Gasteiger partial charge on any atom is 0.223 e. The average molecular weight is 533 g/mol. The molecule has 2 fully saturated rings. The van der Waals surface area contributed by atoms with Gasteiger partial charge < -0.3 is 25.0 Å². The number of hydrogen-bond donors (Lipinski definition) is 2. The molecule has 5 heterocycles. The second-order valence-corrected chi connectivity index (χ2v) is 11.4. The molecule has 2 aliphatic heterocycles. The van der Waals surface area contributed by atoms with Gasteiger partial charge in [0, 0.05) is 79.7 Å². The standard InChI is InChI=1S/C30H40N6O3/c1-30(2,3)39-17-12-33-29(37)21-6-13-36(14-7-21)28-25-5-10-31-20-23(25)18-26(35-28)22-4-11-32-27(19-22)34-24-8-15-38-16-9-24/h4-5,10-11,18-21,24H,6-9,12-17H2,1-3H3,(H,32,34)(H,33,37). The number of nitrogens with one attached hydrogen (secondary N) is 2. The van der Waals surface area contributed by atoms with Crippen LogP contribution in [0.1, 0.15) is 46.5 Å². The molecule has 0 saturated carbocycles. The van der Waals surface area contributed by atoms with Gasteiger partial charge in [0.1, 0.15) is 11.6 Å². The van der Waals surface area contributed by atoms with Gasteiger partial charge in [-0.15, -0.1) is 0 Å². The summed E-state index contributed by atoms with van der Waals surface area (Å²) in [6, 6.07) is 8.57. The number of aromatic nitrogens is 3. The van der Waals surface area contributed by atoms with Gasteiger partial charge in [-0.25, -0.2) is 9.97 Å². The van der Waals surface area contributed by atoms with E-state index in [0.717, 1.165) is 85.7 Å². The van der Waals surface area contributed by atoms with E-state index in [1.165, 1.54) is 0 Å². The Labute approximate surface area is 230 Å². The van der Waals surface area contributed by atoms with Crippen molar-refractivity contribution in [2.75, 3.05) is 49.7 Å². The van der Waals surface area contributed by atoms with Crippen LogP contribution in [0.3, 0.4) is 0 Å².